The highest BCUT2D eigenvalue weighted by atomic mass is 28.5. The Morgan fingerprint density at radius 3 is 1.41 bits per heavy atom. The molecule has 0 amide bonds. The largest absolute Gasteiger partial charge is 0.433 e. The monoisotopic (exact) mass is 374 g/mol. The van der Waals surface area contributed by atoms with E-state index >= 15 is 0 Å². The van der Waals surface area contributed by atoms with Crippen molar-refractivity contribution in [2.75, 3.05) is 0 Å². The molecule has 0 aromatic carbocycles. The molecule has 22 heavy (non-hydrogen) atoms. The Morgan fingerprint density at radius 2 is 1.18 bits per heavy atom. The first-order chi connectivity index (χ1) is 8.74. The lowest BCUT2D eigenvalue weighted by molar-refractivity contribution is -0.131. The van der Waals surface area contributed by atoms with Gasteiger partial charge in [0.25, 0.3) is 0 Å². The molecule has 0 unspecified atom stereocenters. The van der Waals surface area contributed by atoms with Crippen LogP contribution in [0, 0.1) is 0 Å². The van der Waals surface area contributed by atoms with Crippen LogP contribution >= 0.6 is 0 Å². The van der Waals surface area contributed by atoms with Crippen LogP contribution in [0.5, 0.6) is 0 Å². The molecule has 8 heteroatoms. The fourth-order valence-corrected chi connectivity index (χ4v) is 13.4. The van der Waals surface area contributed by atoms with Crippen LogP contribution in [-0.4, -0.2) is 31.4 Å². The number of alkyl halides is 3. The molecule has 0 radical (unpaired) electrons. The summed E-state index contributed by atoms with van der Waals surface area (Å²) in [6.07, 6.45) is -5.07. The third-order valence-electron chi connectivity index (χ3n) is 2.80. The average molecular weight is 375 g/mol. The summed E-state index contributed by atoms with van der Waals surface area (Å²) in [5, 5.41) is 0. The number of hydrogen-bond donors (Lipinski definition) is 0. The van der Waals surface area contributed by atoms with Gasteiger partial charge in [-0.2, -0.15) is 13.2 Å². The zero-order chi connectivity index (χ0) is 16.2. The molecule has 0 aliphatic heterocycles. The number of hydrogen-bond acceptors (Lipinski definition) is 2. The van der Waals surface area contributed by atoms with Crippen molar-refractivity contribution >= 4 is 25.2 Å². The van der Waals surface area contributed by atoms with Gasteiger partial charge in [-0.15, -0.1) is 13.2 Å². The van der Waals surface area contributed by atoms with Gasteiger partial charge < -0.3 is 8.23 Å². The van der Waals surface area contributed by atoms with E-state index in [-0.39, 0.29) is 20.9 Å². The predicted octanol–water partition coefficient (Wildman–Crippen LogP) is 6.18. The van der Waals surface area contributed by atoms with Crippen LogP contribution in [0.1, 0.15) is 21.3 Å². The lowest BCUT2D eigenvalue weighted by atomic mass is 10.5. The minimum atomic E-state index is -4.19. The fraction of sp³-hybridized carbons (Fsp3) is 0.714. The van der Waals surface area contributed by atoms with E-state index in [2.05, 4.69) is 13.2 Å². The lowest BCUT2D eigenvalue weighted by Crippen LogP contribution is -2.53. The summed E-state index contributed by atoms with van der Waals surface area (Å²) in [5.74, 6) is 0. The molecule has 0 spiro atoms. The second-order valence-corrected chi connectivity index (χ2v) is 17.7. The van der Waals surface area contributed by atoms with Crippen LogP contribution in [0.2, 0.25) is 38.8 Å². The van der Waals surface area contributed by atoms with E-state index < -0.39 is 37.8 Å². The summed E-state index contributed by atoms with van der Waals surface area (Å²) in [7, 11) is -7.31. The van der Waals surface area contributed by atoms with Gasteiger partial charge in [0.05, 0.1) is 0 Å². The first-order valence-electron chi connectivity index (χ1n) is 6.48. The quantitative estimate of drug-likeness (QED) is 0.472. The summed E-state index contributed by atoms with van der Waals surface area (Å²) >= 11 is 0. The maximum Gasteiger partial charge on any atom is 0.389 e. The Labute approximate surface area is 137 Å². The van der Waals surface area contributed by atoms with E-state index in [1.165, 1.54) is 0 Å². The highest BCUT2D eigenvalue weighted by Gasteiger charge is 2.44. The number of halogens is 3. The maximum absolute atomic E-state index is 12.5. The smallest absolute Gasteiger partial charge is 0.389 e. The molecule has 0 aromatic rings. The highest BCUT2D eigenvalue weighted by Crippen LogP contribution is 2.31. The van der Waals surface area contributed by atoms with Crippen LogP contribution in [0.25, 0.3) is 0 Å². The highest BCUT2D eigenvalue weighted by molar-refractivity contribution is 6.91. The fourth-order valence-electron chi connectivity index (χ4n) is 1.69. The Balaban J connectivity index is -0.00000180. The summed E-state index contributed by atoms with van der Waals surface area (Å²) < 4.78 is 49.6. The van der Waals surface area contributed by atoms with Gasteiger partial charge >= 0.3 is 14.7 Å². The second kappa shape index (κ2) is 9.21. The topological polar surface area (TPSA) is 18.5 Å². The molecule has 0 atom stereocenters. The molecule has 0 saturated heterocycles. The number of rotatable bonds is 8. The molecule has 0 saturated carbocycles. The van der Waals surface area contributed by atoms with E-state index in [9.17, 15) is 13.2 Å². The van der Waals surface area contributed by atoms with Crippen molar-refractivity contribution in [3.8, 4) is 0 Å². The van der Waals surface area contributed by atoms with Crippen molar-refractivity contribution in [2.45, 2.75) is 66.2 Å². The third kappa shape index (κ3) is 11.4. The van der Waals surface area contributed by atoms with E-state index in [1.54, 1.807) is 17.9 Å². The molecule has 134 valence electrons. The van der Waals surface area contributed by atoms with Crippen molar-refractivity contribution in [1.29, 1.82) is 0 Å². The lowest BCUT2D eigenvalue weighted by Gasteiger charge is -2.39. The Morgan fingerprint density at radius 1 is 0.864 bits per heavy atom. The van der Waals surface area contributed by atoms with Gasteiger partial charge in [-0.3, -0.25) is 0 Å². The Bertz CT molecular complexity index is 334. The third-order valence-corrected chi connectivity index (χ3v) is 13.6. The van der Waals surface area contributed by atoms with Gasteiger partial charge in [0.1, 0.15) is 0 Å². The van der Waals surface area contributed by atoms with E-state index in [0.717, 1.165) is 0 Å². The van der Waals surface area contributed by atoms with Crippen molar-refractivity contribution in [3.63, 3.8) is 0 Å². The molecule has 0 fully saturated rings. The minimum Gasteiger partial charge on any atom is -0.433 e. The first-order valence-corrected chi connectivity index (χ1v) is 15.0. The zero-order valence-electron chi connectivity index (χ0n) is 12.9. The van der Waals surface area contributed by atoms with Gasteiger partial charge in [-0.25, -0.2) is 0 Å². The van der Waals surface area contributed by atoms with Gasteiger partial charge in [0.15, 0.2) is 16.6 Å². The van der Waals surface area contributed by atoms with Crippen LogP contribution in [0.3, 0.4) is 0 Å². The van der Waals surface area contributed by atoms with Crippen molar-refractivity contribution in [3.05, 3.63) is 24.6 Å². The summed E-state index contributed by atoms with van der Waals surface area (Å²) in [4.78, 5) is 0. The molecular weight excluding hydrogens is 341 g/mol. The van der Waals surface area contributed by atoms with Crippen LogP contribution in [-0.2, 0) is 8.23 Å². The standard InChI is InChI=1S/C12H25F3O2Si3.2CH4/c1-8-18(3,4)16-20(7,11-10-12(13,14)15)17-19(5,6)9-2;;/h8-9H,1-2,10-11H2,3-7H3;2*1H4. The maximum atomic E-state index is 12.5. The summed E-state index contributed by atoms with van der Waals surface area (Å²) in [6, 6.07) is -0.0922. The molecule has 2 nitrogen and oxygen atoms in total. The van der Waals surface area contributed by atoms with Crippen LogP contribution in [0.15, 0.2) is 24.6 Å². The predicted molar refractivity (Wildman–Crippen MR) is 98.1 cm³/mol. The zero-order valence-corrected chi connectivity index (χ0v) is 15.9. The van der Waals surface area contributed by atoms with Gasteiger partial charge in [0, 0.05) is 6.42 Å². The van der Waals surface area contributed by atoms with Gasteiger partial charge in [-0.1, -0.05) is 26.3 Å². The molecule has 0 aromatic heterocycles. The molecule has 0 aliphatic carbocycles. The van der Waals surface area contributed by atoms with E-state index in [0.29, 0.717) is 0 Å². The summed E-state index contributed by atoms with van der Waals surface area (Å²) in [5.41, 5.74) is 3.44. The van der Waals surface area contributed by atoms with Crippen molar-refractivity contribution in [1.82, 2.24) is 0 Å². The molecule has 0 N–H and O–H groups in total. The Kier molecular flexibility index (Phi) is 11.2. The van der Waals surface area contributed by atoms with E-state index in [4.69, 9.17) is 8.23 Å². The minimum absolute atomic E-state index is 0. The normalized spacial score (nSPS) is 12.9. The average Bonchev–Trinajstić information content (AvgIpc) is 2.24. The SMILES string of the molecule is C.C.C=C[Si](C)(C)O[Si](C)(CCC(F)(F)F)O[Si](C)(C)C=C. The molecule has 0 heterocycles. The molecule has 0 rings (SSSR count). The summed E-state index contributed by atoms with van der Waals surface area (Å²) in [6.45, 7) is 16.8. The van der Waals surface area contributed by atoms with Crippen molar-refractivity contribution in [2.24, 2.45) is 0 Å². The Hall–Kier alpha value is -0.159. The van der Waals surface area contributed by atoms with Crippen LogP contribution in [0.4, 0.5) is 13.2 Å². The second-order valence-electron chi connectivity index (χ2n) is 6.07. The van der Waals surface area contributed by atoms with Gasteiger partial charge in [0.2, 0.25) is 0 Å². The molecule has 0 aliphatic rings. The first kappa shape index (κ1) is 26.7. The molecular formula is C14H33F3O2Si3. The van der Waals surface area contributed by atoms with Gasteiger partial charge in [-0.05, 0) is 38.8 Å². The van der Waals surface area contributed by atoms with Crippen LogP contribution < -0.4 is 0 Å². The molecule has 0 bridgehead atoms. The van der Waals surface area contributed by atoms with Crippen molar-refractivity contribution < 1.29 is 21.4 Å². The van der Waals surface area contributed by atoms with E-state index in [1.807, 2.05) is 26.2 Å².